The molecule has 146 valence electrons. The van der Waals surface area contributed by atoms with Crippen molar-refractivity contribution in [3.8, 4) is 0 Å². The summed E-state index contributed by atoms with van der Waals surface area (Å²) in [5.74, 6) is -0.763. The van der Waals surface area contributed by atoms with Crippen LogP contribution in [-0.2, 0) is 12.8 Å². The van der Waals surface area contributed by atoms with E-state index in [0.29, 0.717) is 35.2 Å². The summed E-state index contributed by atoms with van der Waals surface area (Å²) < 4.78 is 27.8. The molecule has 0 radical (unpaired) electrons. The van der Waals surface area contributed by atoms with Gasteiger partial charge in [0.1, 0.15) is 11.6 Å². The van der Waals surface area contributed by atoms with Gasteiger partial charge in [-0.2, -0.15) is 0 Å². The summed E-state index contributed by atoms with van der Waals surface area (Å²) in [6.07, 6.45) is 2.08. The molecular formula is C23H24F2N2O. The highest BCUT2D eigenvalue weighted by Gasteiger charge is 2.29. The fourth-order valence-electron chi connectivity index (χ4n) is 4.13. The van der Waals surface area contributed by atoms with E-state index in [-0.39, 0.29) is 11.9 Å². The summed E-state index contributed by atoms with van der Waals surface area (Å²) in [6, 6.07) is 10.0. The van der Waals surface area contributed by atoms with Gasteiger partial charge in [0.25, 0.3) is 5.91 Å². The molecule has 28 heavy (non-hydrogen) atoms. The number of fused-ring (bicyclic) bond motifs is 3. The van der Waals surface area contributed by atoms with Gasteiger partial charge in [0, 0.05) is 35.8 Å². The van der Waals surface area contributed by atoms with Gasteiger partial charge in [-0.3, -0.25) is 4.79 Å². The van der Waals surface area contributed by atoms with Crippen molar-refractivity contribution in [1.29, 1.82) is 0 Å². The third-order valence-corrected chi connectivity index (χ3v) is 5.88. The Morgan fingerprint density at radius 1 is 1.18 bits per heavy atom. The molecule has 0 fully saturated rings. The maximum absolute atomic E-state index is 14.1. The van der Waals surface area contributed by atoms with Crippen LogP contribution in [0, 0.1) is 11.6 Å². The Labute approximate surface area is 163 Å². The molecule has 1 unspecified atom stereocenters. The van der Waals surface area contributed by atoms with E-state index in [1.165, 1.54) is 11.6 Å². The third-order valence-electron chi connectivity index (χ3n) is 5.88. The number of rotatable bonds is 3. The maximum Gasteiger partial charge on any atom is 0.253 e. The van der Waals surface area contributed by atoms with Crippen molar-refractivity contribution in [2.75, 3.05) is 7.05 Å². The first-order valence-electron chi connectivity index (χ1n) is 9.70. The number of nitrogens with zero attached hydrogens (tertiary/aromatic N) is 1. The molecule has 1 aliphatic carbocycles. The molecule has 1 aliphatic rings. The molecule has 1 heterocycles. The van der Waals surface area contributed by atoms with Crippen LogP contribution in [0.25, 0.3) is 10.9 Å². The number of carbonyl (C=O) groups excluding carboxylic acids is 1. The molecule has 1 N–H and O–H groups in total. The summed E-state index contributed by atoms with van der Waals surface area (Å²) in [5.41, 5.74) is 4.07. The van der Waals surface area contributed by atoms with Gasteiger partial charge < -0.3 is 9.88 Å². The Morgan fingerprint density at radius 2 is 1.89 bits per heavy atom. The Hall–Kier alpha value is -2.69. The maximum atomic E-state index is 14.1. The minimum atomic E-state index is -0.580. The van der Waals surface area contributed by atoms with Crippen molar-refractivity contribution in [3.05, 3.63) is 70.4 Å². The van der Waals surface area contributed by atoms with E-state index < -0.39 is 11.6 Å². The number of likely N-dealkylation sites (N-methyl/N-ethyl adjacent to an activating group) is 1. The lowest BCUT2D eigenvalue weighted by Gasteiger charge is -2.31. The van der Waals surface area contributed by atoms with Gasteiger partial charge in [-0.1, -0.05) is 26.0 Å². The molecule has 2 aromatic carbocycles. The van der Waals surface area contributed by atoms with Gasteiger partial charge in [0.15, 0.2) is 0 Å². The van der Waals surface area contributed by atoms with E-state index in [1.54, 1.807) is 4.90 Å². The second-order valence-electron chi connectivity index (χ2n) is 7.98. The summed E-state index contributed by atoms with van der Waals surface area (Å²) >= 11 is 0. The Balaban J connectivity index is 1.59. The van der Waals surface area contributed by atoms with Crippen LogP contribution in [0.15, 0.2) is 36.4 Å². The topological polar surface area (TPSA) is 36.1 Å². The molecule has 5 heteroatoms. The number of benzene rings is 2. The number of aromatic amines is 1. The summed E-state index contributed by atoms with van der Waals surface area (Å²) in [7, 11) is 1.81. The molecule has 3 aromatic rings. The van der Waals surface area contributed by atoms with Gasteiger partial charge in [-0.15, -0.1) is 0 Å². The molecule has 0 saturated carbocycles. The largest absolute Gasteiger partial charge is 0.356 e. The van der Waals surface area contributed by atoms with E-state index in [0.717, 1.165) is 23.7 Å². The zero-order valence-corrected chi connectivity index (χ0v) is 16.4. The molecule has 1 aromatic heterocycles. The molecule has 0 saturated heterocycles. The average Bonchev–Trinajstić information content (AvgIpc) is 3.05. The van der Waals surface area contributed by atoms with Crippen molar-refractivity contribution in [2.24, 2.45) is 0 Å². The van der Waals surface area contributed by atoms with Crippen LogP contribution >= 0.6 is 0 Å². The lowest BCUT2D eigenvalue weighted by atomic mass is 9.90. The smallest absolute Gasteiger partial charge is 0.253 e. The monoisotopic (exact) mass is 382 g/mol. The number of amides is 1. The fraction of sp³-hybridized carbons (Fsp3) is 0.348. The van der Waals surface area contributed by atoms with E-state index in [1.807, 2.05) is 31.3 Å². The van der Waals surface area contributed by atoms with Crippen molar-refractivity contribution in [1.82, 2.24) is 9.88 Å². The molecule has 1 amide bonds. The highest BCUT2D eigenvalue weighted by atomic mass is 19.1. The highest BCUT2D eigenvalue weighted by molar-refractivity contribution is 5.94. The normalized spacial score (nSPS) is 16.4. The van der Waals surface area contributed by atoms with Gasteiger partial charge in [0.2, 0.25) is 0 Å². The minimum Gasteiger partial charge on any atom is -0.356 e. The molecule has 0 aliphatic heterocycles. The standard InChI is InChI=1S/C23H24F2N2O/c1-13(2)14-4-6-15(7-5-14)23(28)27(3)17-8-9-21-18(12-17)19-10-16(24)11-20(25)22(19)26-21/h4-7,10-11,13,17,26H,8-9,12H2,1-3H3. The van der Waals surface area contributed by atoms with Crippen LogP contribution in [0.3, 0.4) is 0 Å². The predicted molar refractivity (Wildman–Crippen MR) is 107 cm³/mol. The van der Waals surface area contributed by atoms with Crippen LogP contribution in [0.5, 0.6) is 0 Å². The van der Waals surface area contributed by atoms with Crippen molar-refractivity contribution in [3.63, 3.8) is 0 Å². The Morgan fingerprint density at radius 3 is 2.57 bits per heavy atom. The molecule has 0 spiro atoms. The lowest BCUT2D eigenvalue weighted by molar-refractivity contribution is 0.0719. The first kappa shape index (κ1) is 18.7. The number of hydrogen-bond acceptors (Lipinski definition) is 1. The van der Waals surface area contributed by atoms with E-state index >= 15 is 0 Å². The number of H-pyrrole nitrogens is 1. The highest BCUT2D eigenvalue weighted by Crippen LogP contribution is 2.33. The van der Waals surface area contributed by atoms with Gasteiger partial charge >= 0.3 is 0 Å². The minimum absolute atomic E-state index is 0.00453. The molecule has 0 bridgehead atoms. The molecule has 4 rings (SSSR count). The SMILES string of the molecule is CC(C)c1ccc(C(=O)N(C)C2CCc3[nH]c4c(F)cc(F)cc4c3C2)cc1. The molecular weight excluding hydrogens is 358 g/mol. The van der Waals surface area contributed by atoms with Crippen molar-refractivity contribution in [2.45, 2.75) is 45.1 Å². The fourth-order valence-corrected chi connectivity index (χ4v) is 4.13. The summed E-state index contributed by atoms with van der Waals surface area (Å²) in [6.45, 7) is 4.24. The van der Waals surface area contributed by atoms with Gasteiger partial charge in [0.05, 0.1) is 5.52 Å². The van der Waals surface area contributed by atoms with E-state index in [4.69, 9.17) is 0 Å². The predicted octanol–water partition coefficient (Wildman–Crippen LogP) is 5.20. The molecule has 3 nitrogen and oxygen atoms in total. The number of aryl methyl sites for hydroxylation is 1. The number of hydrogen-bond donors (Lipinski definition) is 1. The Kier molecular flexibility index (Phi) is 4.69. The van der Waals surface area contributed by atoms with E-state index in [2.05, 4.69) is 18.8 Å². The van der Waals surface area contributed by atoms with Crippen LogP contribution in [0.1, 0.15) is 53.4 Å². The van der Waals surface area contributed by atoms with Crippen LogP contribution in [0.4, 0.5) is 8.78 Å². The van der Waals surface area contributed by atoms with E-state index in [9.17, 15) is 13.6 Å². The quantitative estimate of drug-likeness (QED) is 0.664. The zero-order valence-electron chi connectivity index (χ0n) is 16.4. The number of aromatic nitrogens is 1. The van der Waals surface area contributed by atoms with Crippen LogP contribution < -0.4 is 0 Å². The van der Waals surface area contributed by atoms with Crippen LogP contribution in [-0.4, -0.2) is 28.9 Å². The zero-order chi connectivity index (χ0) is 20.0. The van der Waals surface area contributed by atoms with Gasteiger partial charge in [-0.05, 0) is 54.5 Å². The summed E-state index contributed by atoms with van der Waals surface area (Å²) in [5, 5.41) is 0.583. The number of nitrogens with one attached hydrogen (secondary N) is 1. The summed E-state index contributed by atoms with van der Waals surface area (Å²) in [4.78, 5) is 17.8. The number of halogens is 2. The van der Waals surface area contributed by atoms with Crippen molar-refractivity contribution < 1.29 is 13.6 Å². The molecule has 1 atom stereocenters. The van der Waals surface area contributed by atoms with Gasteiger partial charge in [-0.25, -0.2) is 8.78 Å². The van der Waals surface area contributed by atoms with Crippen molar-refractivity contribution >= 4 is 16.8 Å². The Bertz CT molecular complexity index is 1040. The lowest BCUT2D eigenvalue weighted by Crippen LogP contribution is -2.40. The van der Waals surface area contributed by atoms with Crippen LogP contribution in [0.2, 0.25) is 0 Å². The first-order valence-corrected chi connectivity index (χ1v) is 9.70. The number of carbonyl (C=O) groups is 1. The second-order valence-corrected chi connectivity index (χ2v) is 7.98. The second kappa shape index (κ2) is 7.04. The third kappa shape index (κ3) is 3.19. The first-order chi connectivity index (χ1) is 13.3. The average molecular weight is 382 g/mol.